The highest BCUT2D eigenvalue weighted by Gasteiger charge is 2.30. The van der Waals surface area contributed by atoms with Crippen molar-refractivity contribution in [2.75, 3.05) is 5.32 Å². The molecule has 3 rings (SSSR count). The Morgan fingerprint density at radius 2 is 1.38 bits per heavy atom. The highest BCUT2D eigenvalue weighted by molar-refractivity contribution is 7.62. The number of hydrogen-bond acceptors (Lipinski definition) is 6. The molecule has 0 spiro atoms. The van der Waals surface area contributed by atoms with Gasteiger partial charge in [-0.1, -0.05) is 12.1 Å². The fourth-order valence-electron chi connectivity index (χ4n) is 3.39. The Labute approximate surface area is 217 Å². The molecule has 0 unspecified atom stereocenters. The van der Waals surface area contributed by atoms with Gasteiger partial charge in [-0.3, -0.25) is 9.36 Å². The zero-order valence-electron chi connectivity index (χ0n) is 21.9. The minimum Gasteiger partial charge on any atom is -0.491 e. The summed E-state index contributed by atoms with van der Waals surface area (Å²) in [6.07, 6.45) is -0.732. The number of ether oxygens (including phenoxy) is 2. The van der Waals surface area contributed by atoms with Crippen molar-refractivity contribution < 1.29 is 32.3 Å². The monoisotopic (exact) mass is 529 g/mol. The predicted octanol–water partition coefficient (Wildman–Crippen LogP) is 7.33. The standard InChI is InChI=1S/C28H33FNO6P/c1-18(2)33-23-15-21(28(31)30-27-10-8-7-9-26(27)29)16-24(17-23)34-22-11-13-25(14-12-22)37(32,35-19(3)4)36-20(5)6/h7-20H,1-6H3,(H,30,31). The Morgan fingerprint density at radius 3 is 1.95 bits per heavy atom. The van der Waals surface area contributed by atoms with Gasteiger partial charge in [0.25, 0.3) is 5.91 Å². The Balaban J connectivity index is 1.87. The maximum atomic E-state index is 14.0. The van der Waals surface area contributed by atoms with Crippen LogP contribution in [0, 0.1) is 5.82 Å². The van der Waals surface area contributed by atoms with Gasteiger partial charge in [0.05, 0.1) is 29.3 Å². The van der Waals surface area contributed by atoms with Crippen LogP contribution < -0.4 is 20.1 Å². The Hall–Kier alpha value is -3.19. The molecule has 0 radical (unpaired) electrons. The minimum absolute atomic E-state index is 0.0670. The number of benzene rings is 3. The number of halogens is 1. The molecule has 1 N–H and O–H groups in total. The summed E-state index contributed by atoms with van der Waals surface area (Å²) >= 11 is 0. The summed E-state index contributed by atoms with van der Waals surface area (Å²) in [5, 5.41) is 2.98. The molecule has 9 heteroatoms. The second-order valence-corrected chi connectivity index (χ2v) is 11.1. The van der Waals surface area contributed by atoms with Gasteiger partial charge in [-0.2, -0.15) is 0 Å². The zero-order chi connectivity index (χ0) is 27.2. The third kappa shape index (κ3) is 8.15. The van der Waals surface area contributed by atoms with E-state index in [0.717, 1.165) is 0 Å². The van der Waals surface area contributed by atoms with Crippen LogP contribution in [0.4, 0.5) is 10.1 Å². The first-order valence-electron chi connectivity index (χ1n) is 12.1. The molecule has 0 saturated carbocycles. The summed E-state index contributed by atoms with van der Waals surface area (Å²) in [5.41, 5.74) is 0.297. The molecule has 0 bridgehead atoms. The maximum absolute atomic E-state index is 14.0. The van der Waals surface area contributed by atoms with E-state index in [1.54, 1.807) is 76.2 Å². The molecule has 3 aromatic rings. The maximum Gasteiger partial charge on any atom is 0.361 e. The first kappa shape index (κ1) is 28.4. The largest absolute Gasteiger partial charge is 0.491 e. The van der Waals surface area contributed by atoms with E-state index in [0.29, 0.717) is 22.6 Å². The van der Waals surface area contributed by atoms with Crippen LogP contribution in [0.1, 0.15) is 51.9 Å². The smallest absolute Gasteiger partial charge is 0.361 e. The zero-order valence-corrected chi connectivity index (χ0v) is 22.8. The van der Waals surface area contributed by atoms with Gasteiger partial charge in [0.2, 0.25) is 0 Å². The molecule has 0 aliphatic rings. The molecule has 0 aliphatic carbocycles. The number of rotatable bonds is 11. The summed E-state index contributed by atoms with van der Waals surface area (Å²) in [6, 6.07) is 17.2. The van der Waals surface area contributed by atoms with E-state index < -0.39 is 19.3 Å². The van der Waals surface area contributed by atoms with Crippen LogP contribution in [-0.4, -0.2) is 24.2 Å². The molecule has 3 aromatic carbocycles. The van der Waals surface area contributed by atoms with Crippen LogP contribution in [0.3, 0.4) is 0 Å². The van der Waals surface area contributed by atoms with Crippen molar-refractivity contribution in [3.8, 4) is 17.2 Å². The third-order valence-electron chi connectivity index (χ3n) is 4.72. The van der Waals surface area contributed by atoms with Crippen molar-refractivity contribution in [2.45, 2.75) is 59.9 Å². The quantitative estimate of drug-likeness (QED) is 0.262. The topological polar surface area (TPSA) is 83.1 Å². The normalized spacial score (nSPS) is 11.7. The van der Waals surface area contributed by atoms with E-state index in [4.69, 9.17) is 18.5 Å². The van der Waals surface area contributed by atoms with Gasteiger partial charge in [-0.05, 0) is 90.1 Å². The number of carbonyl (C=O) groups excluding carboxylic acids is 1. The molecule has 1 amide bonds. The van der Waals surface area contributed by atoms with Crippen molar-refractivity contribution in [1.82, 2.24) is 0 Å². The molecular formula is C28H33FNO6P. The average molecular weight is 530 g/mol. The number of hydrogen-bond donors (Lipinski definition) is 1. The van der Waals surface area contributed by atoms with Crippen LogP contribution in [0.15, 0.2) is 66.7 Å². The molecular weight excluding hydrogens is 496 g/mol. The van der Waals surface area contributed by atoms with Crippen molar-refractivity contribution in [1.29, 1.82) is 0 Å². The lowest BCUT2D eigenvalue weighted by Crippen LogP contribution is -2.16. The molecule has 7 nitrogen and oxygen atoms in total. The van der Waals surface area contributed by atoms with E-state index in [9.17, 15) is 13.8 Å². The van der Waals surface area contributed by atoms with E-state index in [1.165, 1.54) is 18.2 Å². The van der Waals surface area contributed by atoms with E-state index >= 15 is 0 Å². The van der Waals surface area contributed by atoms with Crippen LogP contribution in [0.5, 0.6) is 17.2 Å². The van der Waals surface area contributed by atoms with Crippen molar-refractivity contribution in [3.63, 3.8) is 0 Å². The van der Waals surface area contributed by atoms with Crippen molar-refractivity contribution in [3.05, 3.63) is 78.1 Å². The summed E-state index contributed by atoms with van der Waals surface area (Å²) < 4.78 is 50.5. The minimum atomic E-state index is -3.53. The Bertz CT molecular complexity index is 1250. The first-order valence-corrected chi connectivity index (χ1v) is 13.6. The van der Waals surface area contributed by atoms with Crippen LogP contribution in [-0.2, 0) is 13.6 Å². The summed E-state index contributed by atoms with van der Waals surface area (Å²) in [5.74, 6) is 0.137. The highest BCUT2D eigenvalue weighted by atomic mass is 31.2. The molecule has 0 fully saturated rings. The molecule has 198 valence electrons. The lowest BCUT2D eigenvalue weighted by Gasteiger charge is -2.23. The molecule has 0 saturated heterocycles. The van der Waals surface area contributed by atoms with Gasteiger partial charge in [-0.15, -0.1) is 0 Å². The second-order valence-electron chi connectivity index (χ2n) is 9.20. The molecule has 0 aliphatic heterocycles. The number of carbonyl (C=O) groups is 1. The number of amides is 1. The average Bonchev–Trinajstić information content (AvgIpc) is 2.79. The molecule has 0 aromatic heterocycles. The molecule has 0 heterocycles. The fraction of sp³-hybridized carbons (Fsp3) is 0.321. The van der Waals surface area contributed by atoms with Crippen molar-refractivity contribution in [2.24, 2.45) is 0 Å². The second kappa shape index (κ2) is 12.4. The van der Waals surface area contributed by atoms with Gasteiger partial charge in [0, 0.05) is 11.6 Å². The van der Waals surface area contributed by atoms with Crippen LogP contribution in [0.2, 0.25) is 0 Å². The first-order chi connectivity index (χ1) is 17.4. The number of para-hydroxylation sites is 1. The number of anilines is 1. The highest BCUT2D eigenvalue weighted by Crippen LogP contribution is 2.49. The van der Waals surface area contributed by atoms with Crippen molar-refractivity contribution >= 4 is 24.5 Å². The summed E-state index contributed by atoms with van der Waals surface area (Å²) in [7, 11) is -3.53. The lowest BCUT2D eigenvalue weighted by atomic mass is 10.1. The van der Waals surface area contributed by atoms with Gasteiger partial charge in [0.1, 0.15) is 23.1 Å². The SMILES string of the molecule is CC(C)Oc1cc(Oc2ccc(P(=O)(OC(C)C)OC(C)C)cc2)cc(C(=O)Nc2ccccc2F)c1. The third-order valence-corrected chi connectivity index (χ3v) is 7.05. The molecule has 0 atom stereocenters. The lowest BCUT2D eigenvalue weighted by molar-refractivity contribution is 0.102. The van der Waals surface area contributed by atoms with Crippen LogP contribution in [0.25, 0.3) is 0 Å². The molecule has 37 heavy (non-hydrogen) atoms. The van der Waals surface area contributed by atoms with Gasteiger partial charge in [0.15, 0.2) is 0 Å². The predicted molar refractivity (Wildman–Crippen MR) is 143 cm³/mol. The van der Waals surface area contributed by atoms with Gasteiger partial charge in [-0.25, -0.2) is 4.39 Å². The summed E-state index contributed by atoms with van der Waals surface area (Å²) in [6.45, 7) is 10.9. The van der Waals surface area contributed by atoms with E-state index in [2.05, 4.69) is 5.32 Å². The van der Waals surface area contributed by atoms with E-state index in [-0.39, 0.29) is 29.6 Å². The Morgan fingerprint density at radius 1 is 0.784 bits per heavy atom. The van der Waals surface area contributed by atoms with Crippen LogP contribution >= 0.6 is 7.60 Å². The summed E-state index contributed by atoms with van der Waals surface area (Å²) in [4.78, 5) is 12.9. The fourth-order valence-corrected chi connectivity index (χ4v) is 5.31. The van der Waals surface area contributed by atoms with Gasteiger partial charge >= 0.3 is 7.60 Å². The Kier molecular flexibility index (Phi) is 9.49. The van der Waals surface area contributed by atoms with Gasteiger partial charge < -0.3 is 23.8 Å². The number of nitrogens with one attached hydrogen (secondary N) is 1. The van der Waals surface area contributed by atoms with E-state index in [1.807, 2.05) is 13.8 Å².